The second kappa shape index (κ2) is 5.06. The molecule has 1 aliphatic rings. The quantitative estimate of drug-likeness (QED) is 0.486. The number of hydrogen-bond donors (Lipinski definition) is 0. The third kappa shape index (κ3) is 2.87. The molecule has 114 valence electrons. The summed E-state index contributed by atoms with van der Waals surface area (Å²) in [7, 11) is -5.75. The number of hydrogen-bond acceptors (Lipinski definition) is 5. The van der Waals surface area contributed by atoms with Crippen LogP contribution in [0, 0.1) is 0 Å². The summed E-state index contributed by atoms with van der Waals surface area (Å²) < 4.78 is 67.6. The van der Waals surface area contributed by atoms with Crippen molar-refractivity contribution in [3.8, 4) is 11.5 Å². The molecule has 2 rings (SSSR count). The Morgan fingerprint density at radius 1 is 1.33 bits per heavy atom. The van der Waals surface area contributed by atoms with Gasteiger partial charge in [-0.05, 0) is 18.6 Å². The highest BCUT2D eigenvalue weighted by Gasteiger charge is 2.48. The third-order valence-corrected chi connectivity index (χ3v) is 3.79. The zero-order valence-electron chi connectivity index (χ0n) is 10.5. The molecule has 1 heterocycles. The van der Waals surface area contributed by atoms with E-state index in [9.17, 15) is 26.4 Å². The molecular weight excluding hydrogens is 313 g/mol. The topological polar surface area (TPSA) is 69.7 Å². The summed E-state index contributed by atoms with van der Waals surface area (Å²) in [6.45, 7) is 1.65. The highest BCUT2D eigenvalue weighted by Crippen LogP contribution is 2.38. The summed E-state index contributed by atoms with van der Waals surface area (Å²) in [6.07, 6.45) is 1.92. The molecule has 0 radical (unpaired) electrons. The first kappa shape index (κ1) is 15.4. The summed E-state index contributed by atoms with van der Waals surface area (Å²) in [6, 6.07) is 3.30. The molecule has 0 saturated heterocycles. The summed E-state index contributed by atoms with van der Waals surface area (Å²) in [5, 5.41) is 0. The highest BCUT2D eigenvalue weighted by molar-refractivity contribution is 7.88. The molecule has 0 bridgehead atoms. The van der Waals surface area contributed by atoms with E-state index in [2.05, 4.69) is 4.18 Å². The van der Waals surface area contributed by atoms with Crippen molar-refractivity contribution in [2.24, 2.45) is 0 Å². The first-order chi connectivity index (χ1) is 9.65. The van der Waals surface area contributed by atoms with Gasteiger partial charge in [-0.1, -0.05) is 6.07 Å². The van der Waals surface area contributed by atoms with Gasteiger partial charge in [0.1, 0.15) is 17.8 Å². The number of carbonyl (C=O) groups is 1. The number of aldehydes is 1. The van der Waals surface area contributed by atoms with E-state index in [1.54, 1.807) is 6.92 Å². The van der Waals surface area contributed by atoms with E-state index in [-0.39, 0.29) is 5.75 Å². The maximum atomic E-state index is 12.2. The number of benzene rings is 1. The maximum absolute atomic E-state index is 12.2. The van der Waals surface area contributed by atoms with Crippen LogP contribution in [0.3, 0.4) is 0 Å². The highest BCUT2D eigenvalue weighted by atomic mass is 32.2. The van der Waals surface area contributed by atoms with Crippen LogP contribution < -0.4 is 8.92 Å². The van der Waals surface area contributed by atoms with E-state index < -0.39 is 27.3 Å². The number of carbonyl (C=O) groups excluding carboxylic acids is 1. The van der Waals surface area contributed by atoms with Crippen molar-refractivity contribution in [1.82, 2.24) is 0 Å². The molecule has 21 heavy (non-hydrogen) atoms. The molecule has 0 fully saturated rings. The normalized spacial score (nSPS) is 18.3. The maximum Gasteiger partial charge on any atom is 0.534 e. The SMILES string of the molecule is CC1=COc2cc(OS(=O)(=O)C(F)(F)F)ccc2C1C=O. The van der Waals surface area contributed by atoms with Crippen molar-refractivity contribution >= 4 is 16.4 Å². The molecule has 0 amide bonds. The lowest BCUT2D eigenvalue weighted by Crippen LogP contribution is -2.28. The molecule has 1 unspecified atom stereocenters. The van der Waals surface area contributed by atoms with Gasteiger partial charge in [0.15, 0.2) is 0 Å². The van der Waals surface area contributed by atoms with Crippen LogP contribution in [-0.4, -0.2) is 20.2 Å². The fraction of sp³-hybridized carbons (Fsp3) is 0.250. The smallest absolute Gasteiger partial charge is 0.465 e. The molecule has 1 atom stereocenters. The average molecular weight is 322 g/mol. The fourth-order valence-electron chi connectivity index (χ4n) is 1.76. The molecule has 9 heteroatoms. The Labute approximate surface area is 118 Å². The lowest BCUT2D eigenvalue weighted by atomic mass is 9.92. The molecule has 0 saturated carbocycles. The van der Waals surface area contributed by atoms with E-state index in [0.717, 1.165) is 12.1 Å². The minimum atomic E-state index is -5.75. The molecule has 0 aliphatic carbocycles. The Hall–Kier alpha value is -2.03. The van der Waals surface area contributed by atoms with Crippen LogP contribution in [0.4, 0.5) is 13.2 Å². The van der Waals surface area contributed by atoms with Crippen LogP contribution in [0.25, 0.3) is 0 Å². The van der Waals surface area contributed by atoms with Crippen LogP contribution in [0.1, 0.15) is 18.4 Å². The van der Waals surface area contributed by atoms with Gasteiger partial charge in [0.05, 0.1) is 12.2 Å². The molecule has 5 nitrogen and oxygen atoms in total. The second-order valence-corrected chi connectivity index (χ2v) is 5.81. The van der Waals surface area contributed by atoms with Crippen LogP contribution in [0.5, 0.6) is 11.5 Å². The zero-order chi connectivity index (χ0) is 15.8. The van der Waals surface area contributed by atoms with Crippen molar-refractivity contribution in [3.05, 3.63) is 35.6 Å². The Morgan fingerprint density at radius 3 is 2.57 bits per heavy atom. The van der Waals surface area contributed by atoms with Crippen molar-refractivity contribution < 1.29 is 35.3 Å². The largest absolute Gasteiger partial charge is 0.534 e. The van der Waals surface area contributed by atoms with E-state index in [1.165, 1.54) is 12.3 Å². The third-order valence-electron chi connectivity index (χ3n) is 2.81. The molecule has 0 spiro atoms. The molecule has 1 aromatic carbocycles. The number of ether oxygens (including phenoxy) is 1. The van der Waals surface area contributed by atoms with Gasteiger partial charge >= 0.3 is 15.6 Å². The van der Waals surface area contributed by atoms with Crippen LogP contribution >= 0.6 is 0 Å². The monoisotopic (exact) mass is 322 g/mol. The standard InChI is InChI=1S/C12H9F3O5S/c1-7-6-19-11-4-8(2-3-9(11)10(7)5-16)20-21(17,18)12(13,14)15/h2-6,10H,1H3. The van der Waals surface area contributed by atoms with Crippen LogP contribution in [-0.2, 0) is 14.9 Å². The Kier molecular flexibility index (Phi) is 3.70. The number of allylic oxidation sites excluding steroid dienone is 1. The van der Waals surface area contributed by atoms with Gasteiger partial charge in [0.25, 0.3) is 0 Å². The summed E-state index contributed by atoms with van der Waals surface area (Å²) in [5.74, 6) is -1.08. The van der Waals surface area contributed by atoms with E-state index in [0.29, 0.717) is 17.4 Å². The average Bonchev–Trinajstić information content (AvgIpc) is 2.37. The van der Waals surface area contributed by atoms with Crippen molar-refractivity contribution in [3.63, 3.8) is 0 Å². The van der Waals surface area contributed by atoms with Gasteiger partial charge < -0.3 is 13.7 Å². The van der Waals surface area contributed by atoms with Gasteiger partial charge in [-0.3, -0.25) is 0 Å². The fourth-order valence-corrected chi connectivity index (χ4v) is 2.21. The number of alkyl halides is 3. The van der Waals surface area contributed by atoms with Gasteiger partial charge in [-0.2, -0.15) is 21.6 Å². The van der Waals surface area contributed by atoms with E-state index in [1.807, 2.05) is 0 Å². The molecule has 0 aromatic heterocycles. The zero-order valence-corrected chi connectivity index (χ0v) is 11.4. The van der Waals surface area contributed by atoms with Crippen molar-refractivity contribution in [1.29, 1.82) is 0 Å². The predicted molar refractivity (Wildman–Crippen MR) is 65.2 cm³/mol. The molecule has 1 aliphatic heterocycles. The minimum Gasteiger partial charge on any atom is -0.465 e. The molecule has 0 N–H and O–H groups in total. The first-order valence-electron chi connectivity index (χ1n) is 5.59. The Balaban J connectivity index is 2.35. The molecular formula is C12H9F3O5S. The summed E-state index contributed by atoms with van der Waals surface area (Å²) in [4.78, 5) is 11.0. The van der Waals surface area contributed by atoms with Gasteiger partial charge in [-0.15, -0.1) is 0 Å². The van der Waals surface area contributed by atoms with Crippen LogP contribution in [0.15, 0.2) is 30.0 Å². The van der Waals surface area contributed by atoms with Crippen molar-refractivity contribution in [2.45, 2.75) is 18.3 Å². The van der Waals surface area contributed by atoms with E-state index >= 15 is 0 Å². The predicted octanol–water partition coefficient (Wildman–Crippen LogP) is 2.49. The number of fused-ring (bicyclic) bond motifs is 1. The van der Waals surface area contributed by atoms with E-state index in [4.69, 9.17) is 4.74 Å². The van der Waals surface area contributed by atoms with Crippen molar-refractivity contribution in [2.75, 3.05) is 0 Å². The lowest BCUT2D eigenvalue weighted by molar-refractivity contribution is -0.108. The minimum absolute atomic E-state index is 0.0626. The second-order valence-electron chi connectivity index (χ2n) is 4.28. The summed E-state index contributed by atoms with van der Waals surface area (Å²) >= 11 is 0. The molecule has 1 aromatic rings. The van der Waals surface area contributed by atoms with Gasteiger partial charge in [0, 0.05) is 11.6 Å². The Morgan fingerprint density at radius 2 is 2.00 bits per heavy atom. The lowest BCUT2D eigenvalue weighted by Gasteiger charge is -2.21. The number of rotatable bonds is 3. The van der Waals surface area contributed by atoms with Gasteiger partial charge in [-0.25, -0.2) is 0 Å². The van der Waals surface area contributed by atoms with Gasteiger partial charge in [0.2, 0.25) is 0 Å². The first-order valence-corrected chi connectivity index (χ1v) is 7.00. The number of halogens is 3. The Bertz CT molecular complexity index is 706. The van der Waals surface area contributed by atoms with Crippen LogP contribution in [0.2, 0.25) is 0 Å². The summed E-state index contributed by atoms with van der Waals surface area (Å²) in [5.41, 5.74) is -4.48.